The fraction of sp³-hybridized carbons (Fsp3) is 0.0417. The van der Waals surface area contributed by atoms with Gasteiger partial charge in [-0.3, -0.25) is 0 Å². The molecule has 2 nitrogen and oxygen atoms in total. The van der Waals surface area contributed by atoms with Gasteiger partial charge in [0.1, 0.15) is 23.0 Å². The summed E-state index contributed by atoms with van der Waals surface area (Å²) in [7, 11) is 0. The highest BCUT2D eigenvalue weighted by molar-refractivity contribution is 6.22. The van der Waals surface area contributed by atoms with Gasteiger partial charge in [0, 0.05) is 22.3 Å². The topological polar surface area (TPSA) is 22.4 Å². The average molecular weight is 660 g/mol. The van der Waals surface area contributed by atoms with Crippen LogP contribution in [0, 0.1) is 0 Å². The van der Waals surface area contributed by atoms with Crippen LogP contribution < -0.4 is 4.74 Å². The Balaban J connectivity index is 1.32. The zero-order chi connectivity index (χ0) is 51.0. The van der Waals surface area contributed by atoms with E-state index in [4.69, 9.17) is 22.9 Å². The van der Waals surface area contributed by atoms with E-state index in [1.807, 2.05) is 0 Å². The minimum absolute atomic E-state index is 0.0633. The second-order valence-electron chi connectivity index (χ2n) is 11.8. The smallest absolute Gasteiger partial charge is 0.136 e. The van der Waals surface area contributed by atoms with E-state index in [9.17, 15) is 15.1 Å². The molecule has 2 aliphatic rings. The molecule has 1 aromatic heterocycles. The summed E-state index contributed by atoms with van der Waals surface area (Å²) in [4.78, 5) is 0. The Hall–Kier alpha value is -6.38. The van der Waals surface area contributed by atoms with E-state index in [0.717, 1.165) is 5.39 Å². The summed E-state index contributed by atoms with van der Waals surface area (Å²) in [6, 6.07) is -3.08. The van der Waals surface area contributed by atoms with Crippen molar-refractivity contribution in [3.8, 4) is 39.1 Å². The molecular weight excluding hydrogens is 609 g/mol. The maximum atomic E-state index is 9.81. The van der Waals surface area contributed by atoms with Crippen molar-refractivity contribution in [2.75, 3.05) is 0 Å². The monoisotopic (exact) mass is 659 g/mol. The Morgan fingerprint density at radius 3 is 1.96 bits per heavy atom. The number of furan rings is 1. The lowest BCUT2D eigenvalue weighted by Gasteiger charge is -2.18. The molecule has 2 unspecified atom stereocenters. The Kier molecular flexibility index (Phi) is 3.00. The summed E-state index contributed by atoms with van der Waals surface area (Å²) in [5.74, 6) is -1.63. The largest absolute Gasteiger partial charge is 0.485 e. The van der Waals surface area contributed by atoms with Crippen LogP contribution >= 0.6 is 0 Å². The van der Waals surface area contributed by atoms with E-state index in [-0.39, 0.29) is 27.6 Å². The molecule has 0 bridgehead atoms. The number of rotatable bonds is 3. The van der Waals surface area contributed by atoms with Gasteiger partial charge in [0.15, 0.2) is 0 Å². The molecule has 0 saturated carbocycles. The van der Waals surface area contributed by atoms with Gasteiger partial charge in [-0.25, -0.2) is 0 Å². The van der Waals surface area contributed by atoms with E-state index in [2.05, 4.69) is 0 Å². The zero-order valence-corrected chi connectivity index (χ0v) is 25.5. The third kappa shape index (κ3) is 3.96. The van der Waals surface area contributed by atoms with Gasteiger partial charge in [0.2, 0.25) is 0 Å². The zero-order valence-electron chi connectivity index (χ0n) is 46.5. The first-order valence-corrected chi connectivity index (χ1v) is 15.6. The molecule has 0 spiro atoms. The SMILES string of the molecule is [2H]C1=C([2H])C2Oc3c([2H])c([2H])c4oc5c([2H])c(-c6c7c([2H])c([2H])c([2H])c([2H])c7c(-c7c([2H])c([2H])c(-c8cccc9ccccc89)c([2H])c7[2H])c7c([2H])c([2H])c([2H])c([2H])c67)c([2H])c([2H])c5c4c3C2C([2H])=C1[2H]. The number of hydrogen-bond acceptors (Lipinski definition) is 2. The molecule has 8 aromatic carbocycles. The van der Waals surface area contributed by atoms with Crippen molar-refractivity contribution in [3.05, 3.63) is 175 Å². The number of benzene rings is 8. The van der Waals surface area contributed by atoms with Gasteiger partial charge in [-0.15, -0.1) is 0 Å². The van der Waals surface area contributed by atoms with Crippen LogP contribution in [-0.4, -0.2) is 6.10 Å². The lowest BCUT2D eigenvalue weighted by Crippen LogP contribution is -2.15. The molecule has 0 fully saturated rings. The van der Waals surface area contributed by atoms with Crippen molar-refractivity contribution in [1.82, 2.24) is 0 Å². The number of fused-ring (bicyclic) bond motifs is 10. The van der Waals surface area contributed by atoms with E-state index in [1.54, 1.807) is 42.5 Å². The Morgan fingerprint density at radius 1 is 0.520 bits per heavy atom. The van der Waals surface area contributed by atoms with E-state index < -0.39 is 194 Å². The van der Waals surface area contributed by atoms with Crippen LogP contribution in [0.25, 0.3) is 87.6 Å². The molecule has 1 aliphatic heterocycles. The van der Waals surface area contributed by atoms with Crippen molar-refractivity contribution in [2.24, 2.45) is 0 Å². The second kappa shape index (κ2) is 10.6. The predicted molar refractivity (Wildman–Crippen MR) is 208 cm³/mol. The van der Waals surface area contributed by atoms with Crippen LogP contribution in [0.15, 0.2) is 174 Å². The molecule has 50 heavy (non-hydrogen) atoms. The first-order chi connectivity index (χ1) is 33.6. The molecule has 0 saturated heterocycles. The van der Waals surface area contributed by atoms with E-state index in [1.165, 1.54) is 0 Å². The van der Waals surface area contributed by atoms with Crippen molar-refractivity contribution in [2.45, 2.75) is 12.0 Å². The molecule has 0 N–H and O–H groups in total. The lowest BCUT2D eigenvalue weighted by molar-refractivity contribution is 0.269. The summed E-state index contributed by atoms with van der Waals surface area (Å²) in [5.41, 5.74) is -3.11. The summed E-state index contributed by atoms with van der Waals surface area (Å²) in [6.07, 6.45) is -1.39. The van der Waals surface area contributed by atoms with Gasteiger partial charge in [0.05, 0.1) is 28.8 Å². The van der Waals surface area contributed by atoms with Gasteiger partial charge in [-0.05, 0) is 95.9 Å². The highest BCUT2D eigenvalue weighted by atomic mass is 16.5. The Labute approximate surface area is 318 Å². The minimum Gasteiger partial charge on any atom is -0.485 e. The van der Waals surface area contributed by atoms with Crippen LogP contribution in [0.5, 0.6) is 5.75 Å². The number of hydrogen-bond donors (Lipinski definition) is 0. The Morgan fingerprint density at radius 2 is 1.18 bits per heavy atom. The third-order valence-corrected chi connectivity index (χ3v) is 9.18. The van der Waals surface area contributed by atoms with Crippen molar-refractivity contribution in [3.63, 3.8) is 0 Å². The average Bonchev–Trinajstić information content (AvgIpc) is 3.96. The quantitative estimate of drug-likeness (QED) is 0.176. The first-order valence-electron chi connectivity index (χ1n) is 26.1. The second-order valence-corrected chi connectivity index (χ2v) is 11.8. The maximum Gasteiger partial charge on any atom is 0.136 e. The van der Waals surface area contributed by atoms with Gasteiger partial charge in [-0.1, -0.05) is 139 Å². The van der Waals surface area contributed by atoms with Gasteiger partial charge in [0.25, 0.3) is 0 Å². The fourth-order valence-electron chi connectivity index (χ4n) is 7.03. The van der Waals surface area contributed by atoms with Gasteiger partial charge < -0.3 is 9.15 Å². The van der Waals surface area contributed by atoms with E-state index >= 15 is 0 Å². The molecule has 11 rings (SSSR count). The molecular formula is C48H30O2. The highest BCUT2D eigenvalue weighted by Gasteiger charge is 2.35. The predicted octanol–water partition coefficient (Wildman–Crippen LogP) is 13.0. The normalized spacial score (nSPS) is 23.1. The van der Waals surface area contributed by atoms with Crippen molar-refractivity contribution in [1.29, 1.82) is 0 Å². The molecule has 234 valence electrons. The summed E-state index contributed by atoms with van der Waals surface area (Å²) in [5, 5.41) is -1.42. The van der Waals surface area contributed by atoms with Crippen LogP contribution in [0.3, 0.4) is 0 Å². The van der Waals surface area contributed by atoms with Gasteiger partial charge in [-0.2, -0.15) is 0 Å². The van der Waals surface area contributed by atoms with Crippen molar-refractivity contribution < 1.29 is 37.9 Å². The maximum absolute atomic E-state index is 9.81. The first kappa shape index (κ1) is 14.2. The molecule has 0 radical (unpaired) electrons. The molecule has 1 aliphatic carbocycles. The summed E-state index contributed by atoms with van der Waals surface area (Å²) < 4.78 is 204. The lowest BCUT2D eigenvalue weighted by atomic mass is 9.85. The van der Waals surface area contributed by atoms with Crippen LogP contribution in [0.4, 0.5) is 0 Å². The fourth-order valence-corrected chi connectivity index (χ4v) is 7.03. The summed E-state index contributed by atoms with van der Waals surface area (Å²) in [6.45, 7) is 0. The minimum atomic E-state index is -1.39. The van der Waals surface area contributed by atoms with Gasteiger partial charge >= 0.3 is 0 Å². The highest BCUT2D eigenvalue weighted by Crippen LogP contribution is 2.49. The van der Waals surface area contributed by atoms with Crippen LogP contribution in [0.2, 0.25) is 0 Å². The molecule has 0 amide bonds. The Bertz CT molecular complexity index is 4000. The molecule has 2 heteroatoms. The third-order valence-electron chi connectivity index (χ3n) is 9.18. The summed E-state index contributed by atoms with van der Waals surface area (Å²) >= 11 is 0. The number of ether oxygens (including phenoxy) is 1. The van der Waals surface area contributed by atoms with E-state index in [0.29, 0.717) is 10.9 Å². The molecule has 2 atom stereocenters. The van der Waals surface area contributed by atoms with Crippen molar-refractivity contribution >= 4 is 54.3 Å². The molecule has 9 aromatic rings. The molecule has 2 heterocycles. The van der Waals surface area contributed by atoms with Crippen LogP contribution in [-0.2, 0) is 0 Å². The number of allylic oxidation sites excluding steroid dienone is 2. The van der Waals surface area contributed by atoms with Crippen LogP contribution in [0.1, 0.15) is 40.3 Å². The standard InChI is InChI=1S/C48H30O2/c1-2-12-33-29(10-1)11-9-18-34(33)30-20-22-31(23-21-30)45-35-13-3-5-15-37(35)46(38-16-6-4-14-36(38)45)32-24-25-40-44(28-32)50-43-27-26-42-47(48(40)43)39-17-7-8-19-41(39)49-42/h1-28,39,41H/i3D,4D,5D,6D,7D,8D,13D,14D,15D,16D,17D,19D,20D,21D,22D,23D,24D,25D,26D,27D,28D.